The van der Waals surface area contributed by atoms with Crippen molar-refractivity contribution in [1.29, 1.82) is 0 Å². The number of aliphatic carboxylic acids is 1. The van der Waals surface area contributed by atoms with E-state index in [4.69, 9.17) is 0 Å². The molecule has 1 rings (SSSR count). The summed E-state index contributed by atoms with van der Waals surface area (Å²) in [5, 5.41) is 21.8. The number of carboxylic acid groups (broad SMARTS) is 1. The molecule has 0 spiro atoms. The van der Waals surface area contributed by atoms with E-state index in [1.54, 1.807) is 0 Å². The number of hydrogen-bond acceptors (Lipinski definition) is 3. The van der Waals surface area contributed by atoms with Crippen LogP contribution in [0.15, 0.2) is 30.3 Å². The summed E-state index contributed by atoms with van der Waals surface area (Å²) in [4.78, 5) is 11.5. The second kappa shape index (κ2) is 8.15. The van der Waals surface area contributed by atoms with Crippen molar-refractivity contribution >= 4 is 5.97 Å². The minimum absolute atomic E-state index is 0.0260. The van der Waals surface area contributed by atoms with Gasteiger partial charge in [-0.2, -0.15) is 0 Å². The zero-order chi connectivity index (χ0) is 15.9. The zero-order valence-electron chi connectivity index (χ0n) is 13.2. The van der Waals surface area contributed by atoms with E-state index in [0.717, 1.165) is 12.0 Å². The van der Waals surface area contributed by atoms with Crippen molar-refractivity contribution in [2.24, 2.45) is 5.41 Å². The van der Waals surface area contributed by atoms with E-state index in [1.165, 1.54) is 0 Å². The van der Waals surface area contributed by atoms with E-state index in [2.05, 4.69) is 26.1 Å². The van der Waals surface area contributed by atoms with Crippen molar-refractivity contribution in [3.05, 3.63) is 35.9 Å². The molecule has 0 heterocycles. The van der Waals surface area contributed by atoms with Crippen LogP contribution in [0.5, 0.6) is 0 Å². The van der Waals surface area contributed by atoms with Gasteiger partial charge in [0.15, 0.2) is 0 Å². The van der Waals surface area contributed by atoms with Crippen LogP contribution in [0.25, 0.3) is 0 Å². The van der Waals surface area contributed by atoms with Crippen molar-refractivity contribution < 1.29 is 15.0 Å². The van der Waals surface area contributed by atoms with Crippen LogP contribution in [0.2, 0.25) is 0 Å². The summed E-state index contributed by atoms with van der Waals surface area (Å²) >= 11 is 0. The Balaban J connectivity index is 2.76. The fourth-order valence-corrected chi connectivity index (χ4v) is 2.26. The average Bonchev–Trinajstić information content (AvgIpc) is 2.41. The fourth-order valence-electron chi connectivity index (χ4n) is 2.26. The number of aliphatic hydroxyl groups is 1. The Hall–Kier alpha value is -1.39. The summed E-state index contributed by atoms with van der Waals surface area (Å²) in [5.41, 5.74) is 1.11. The highest BCUT2D eigenvalue weighted by atomic mass is 16.4. The summed E-state index contributed by atoms with van der Waals surface area (Å²) in [6.07, 6.45) is 1.91. The van der Waals surface area contributed by atoms with Crippen LogP contribution in [0, 0.1) is 5.41 Å². The lowest BCUT2D eigenvalue weighted by atomic mass is 9.88. The Labute approximate surface area is 127 Å². The van der Waals surface area contributed by atoms with Gasteiger partial charge in [-0.15, -0.1) is 0 Å². The Bertz CT molecular complexity index is 425. The summed E-state index contributed by atoms with van der Waals surface area (Å²) in [5.74, 6) is -0.835. The molecular weight excluding hydrogens is 266 g/mol. The molecular formula is C17H27NO3. The van der Waals surface area contributed by atoms with Crippen LogP contribution in [0.1, 0.15) is 51.6 Å². The van der Waals surface area contributed by atoms with Gasteiger partial charge in [-0.05, 0) is 30.2 Å². The average molecular weight is 293 g/mol. The summed E-state index contributed by atoms with van der Waals surface area (Å²) in [6.45, 7) is 6.34. The third kappa shape index (κ3) is 6.74. The highest BCUT2D eigenvalue weighted by Crippen LogP contribution is 2.23. The zero-order valence-corrected chi connectivity index (χ0v) is 13.2. The molecule has 118 valence electrons. The van der Waals surface area contributed by atoms with Crippen LogP contribution in [0.3, 0.4) is 0 Å². The topological polar surface area (TPSA) is 69.6 Å². The van der Waals surface area contributed by atoms with E-state index >= 15 is 0 Å². The molecule has 21 heavy (non-hydrogen) atoms. The fraction of sp³-hybridized carbons (Fsp3) is 0.588. The van der Waals surface area contributed by atoms with Gasteiger partial charge in [-0.1, -0.05) is 51.1 Å². The molecule has 0 amide bonds. The maximum atomic E-state index is 11.5. The first-order chi connectivity index (χ1) is 9.83. The Morgan fingerprint density at radius 1 is 1.19 bits per heavy atom. The van der Waals surface area contributed by atoms with Gasteiger partial charge in [-0.25, -0.2) is 0 Å². The van der Waals surface area contributed by atoms with Crippen molar-refractivity contribution in [2.75, 3.05) is 6.61 Å². The molecule has 0 radical (unpaired) electrons. The standard InChI is InChI=1S/C17H27NO3/c1-17(2,3)11-9-15(16(20)21)18-14(10-12-19)13-7-5-4-6-8-13/h4-8,14-15,18-19H,9-12H2,1-3H3,(H,20,21). The molecule has 0 saturated carbocycles. The summed E-state index contributed by atoms with van der Waals surface area (Å²) in [6, 6.07) is 8.94. The molecule has 2 unspecified atom stereocenters. The number of benzene rings is 1. The normalized spacial score (nSPS) is 14.7. The van der Waals surface area contributed by atoms with Crippen LogP contribution >= 0.6 is 0 Å². The molecule has 1 aromatic carbocycles. The number of hydrogen-bond donors (Lipinski definition) is 3. The Morgan fingerprint density at radius 2 is 1.81 bits per heavy atom. The predicted molar refractivity (Wildman–Crippen MR) is 84.1 cm³/mol. The van der Waals surface area contributed by atoms with Crippen molar-refractivity contribution in [3.63, 3.8) is 0 Å². The number of carbonyl (C=O) groups is 1. The highest BCUT2D eigenvalue weighted by molar-refractivity contribution is 5.73. The molecule has 3 N–H and O–H groups in total. The Kier molecular flexibility index (Phi) is 6.85. The lowest BCUT2D eigenvalue weighted by molar-refractivity contribution is -0.140. The second-order valence-corrected chi connectivity index (χ2v) is 6.63. The molecule has 4 nitrogen and oxygen atoms in total. The number of aliphatic hydroxyl groups excluding tert-OH is 1. The van der Waals surface area contributed by atoms with Gasteiger partial charge >= 0.3 is 5.97 Å². The maximum Gasteiger partial charge on any atom is 0.320 e. The van der Waals surface area contributed by atoms with Gasteiger partial charge in [0.25, 0.3) is 0 Å². The van der Waals surface area contributed by atoms with Crippen LogP contribution in [-0.2, 0) is 4.79 Å². The van der Waals surface area contributed by atoms with E-state index in [-0.39, 0.29) is 18.1 Å². The van der Waals surface area contributed by atoms with Gasteiger partial charge in [0, 0.05) is 12.6 Å². The summed E-state index contributed by atoms with van der Waals surface area (Å²) in [7, 11) is 0. The lowest BCUT2D eigenvalue weighted by Crippen LogP contribution is -2.40. The molecule has 0 aromatic heterocycles. The first kappa shape index (κ1) is 17.7. The molecule has 4 heteroatoms. The van der Waals surface area contributed by atoms with Crippen molar-refractivity contribution in [3.8, 4) is 0 Å². The molecule has 0 aliphatic heterocycles. The van der Waals surface area contributed by atoms with Gasteiger partial charge in [-0.3, -0.25) is 10.1 Å². The molecule has 0 fully saturated rings. The molecule has 0 saturated heterocycles. The van der Waals surface area contributed by atoms with Crippen molar-refractivity contribution in [2.45, 2.75) is 52.1 Å². The van der Waals surface area contributed by atoms with E-state index in [1.807, 2.05) is 30.3 Å². The molecule has 2 atom stereocenters. The number of nitrogens with one attached hydrogen (secondary N) is 1. The third-order valence-corrected chi connectivity index (χ3v) is 3.50. The third-order valence-electron chi connectivity index (χ3n) is 3.50. The quantitative estimate of drug-likeness (QED) is 0.689. The van der Waals surface area contributed by atoms with Crippen LogP contribution in [0.4, 0.5) is 0 Å². The minimum atomic E-state index is -0.835. The predicted octanol–water partition coefficient (Wildman–Crippen LogP) is 2.98. The van der Waals surface area contributed by atoms with Crippen molar-refractivity contribution in [1.82, 2.24) is 5.32 Å². The van der Waals surface area contributed by atoms with Gasteiger partial charge in [0.1, 0.15) is 6.04 Å². The molecule has 1 aromatic rings. The first-order valence-electron chi connectivity index (χ1n) is 7.48. The van der Waals surface area contributed by atoms with E-state index < -0.39 is 12.0 Å². The molecule has 0 bridgehead atoms. The first-order valence-corrected chi connectivity index (χ1v) is 7.48. The highest BCUT2D eigenvalue weighted by Gasteiger charge is 2.24. The van der Waals surface area contributed by atoms with Crippen LogP contribution < -0.4 is 5.32 Å². The van der Waals surface area contributed by atoms with Gasteiger partial charge < -0.3 is 10.2 Å². The lowest BCUT2D eigenvalue weighted by Gasteiger charge is -2.26. The monoisotopic (exact) mass is 293 g/mol. The smallest absolute Gasteiger partial charge is 0.320 e. The van der Waals surface area contributed by atoms with E-state index in [0.29, 0.717) is 12.8 Å². The second-order valence-electron chi connectivity index (χ2n) is 6.63. The Morgan fingerprint density at radius 3 is 2.29 bits per heavy atom. The molecule has 0 aliphatic carbocycles. The molecule has 0 aliphatic rings. The van der Waals surface area contributed by atoms with Gasteiger partial charge in [0.05, 0.1) is 0 Å². The maximum absolute atomic E-state index is 11.5. The number of rotatable bonds is 8. The van der Waals surface area contributed by atoms with E-state index in [9.17, 15) is 15.0 Å². The SMILES string of the molecule is CC(C)(C)CCC(NC(CCO)c1ccccc1)C(=O)O. The summed E-state index contributed by atoms with van der Waals surface area (Å²) < 4.78 is 0. The van der Waals surface area contributed by atoms with Gasteiger partial charge in [0.2, 0.25) is 0 Å². The minimum Gasteiger partial charge on any atom is -0.480 e. The largest absolute Gasteiger partial charge is 0.480 e. The number of carboxylic acids is 1. The van der Waals surface area contributed by atoms with Crippen LogP contribution in [-0.4, -0.2) is 28.8 Å².